The summed E-state index contributed by atoms with van der Waals surface area (Å²) in [5.74, 6) is 0.921. The molecule has 0 fully saturated rings. The molecule has 0 bridgehead atoms. The van der Waals surface area contributed by atoms with E-state index in [-0.39, 0.29) is 5.41 Å². The minimum absolute atomic E-state index is 0.0223. The third-order valence-electron chi connectivity index (χ3n) is 4.54. The summed E-state index contributed by atoms with van der Waals surface area (Å²) in [5, 5.41) is 8.63. The Morgan fingerprint density at radius 3 is 2.35 bits per heavy atom. The van der Waals surface area contributed by atoms with Crippen LogP contribution in [0.1, 0.15) is 43.2 Å². The Kier molecular flexibility index (Phi) is 4.52. The quantitative estimate of drug-likeness (QED) is 0.668. The summed E-state index contributed by atoms with van der Waals surface area (Å²) >= 11 is 0. The van der Waals surface area contributed by atoms with Gasteiger partial charge in [0.25, 0.3) is 5.89 Å². The van der Waals surface area contributed by atoms with Crippen LogP contribution in [0.2, 0.25) is 0 Å². The molecular weight excluding hydrogens is 328 g/mol. The highest BCUT2D eigenvalue weighted by atomic mass is 16.5. The molecule has 0 amide bonds. The van der Waals surface area contributed by atoms with Crippen molar-refractivity contribution in [1.82, 2.24) is 19.9 Å². The first-order valence-electron chi connectivity index (χ1n) is 8.63. The fraction of sp³-hybridized carbons (Fsp3) is 0.400. The SMILES string of the molecule is Cc1cc(-c2noc(-c3cc(C(C)(C)C)n(C)n3)n2)cc(C)c1CC=O. The standard InChI is InChI=1S/C20H24N4O2/c1-12-9-14(10-13(2)15(12)7-8-25)18-21-19(26-23-18)16-11-17(20(3,4)5)24(6)22-16/h8-11H,7H2,1-6H3. The highest BCUT2D eigenvalue weighted by molar-refractivity contribution is 5.64. The second-order valence-electron chi connectivity index (χ2n) is 7.67. The second-order valence-corrected chi connectivity index (χ2v) is 7.67. The van der Waals surface area contributed by atoms with E-state index in [1.165, 1.54) is 0 Å². The Hall–Kier alpha value is -2.76. The molecule has 0 aliphatic carbocycles. The summed E-state index contributed by atoms with van der Waals surface area (Å²) in [7, 11) is 1.92. The van der Waals surface area contributed by atoms with Crippen molar-refractivity contribution in [3.8, 4) is 23.0 Å². The average molecular weight is 352 g/mol. The number of carbonyl (C=O) groups excluding carboxylic acids is 1. The van der Waals surface area contributed by atoms with Crippen molar-refractivity contribution in [3.63, 3.8) is 0 Å². The molecule has 0 saturated carbocycles. The van der Waals surface area contributed by atoms with Gasteiger partial charge in [0.2, 0.25) is 5.82 Å². The van der Waals surface area contributed by atoms with E-state index in [1.54, 1.807) is 0 Å². The Balaban J connectivity index is 1.97. The maximum Gasteiger partial charge on any atom is 0.278 e. The normalized spacial score (nSPS) is 11.8. The minimum atomic E-state index is -0.0223. The van der Waals surface area contributed by atoms with Crippen molar-refractivity contribution >= 4 is 6.29 Å². The molecule has 0 unspecified atom stereocenters. The fourth-order valence-electron chi connectivity index (χ4n) is 3.25. The Bertz CT molecular complexity index is 938. The third kappa shape index (κ3) is 3.31. The first-order valence-corrected chi connectivity index (χ1v) is 8.63. The van der Waals surface area contributed by atoms with Gasteiger partial charge in [-0.1, -0.05) is 25.9 Å². The Morgan fingerprint density at radius 1 is 1.15 bits per heavy atom. The van der Waals surface area contributed by atoms with Crippen molar-refractivity contribution < 1.29 is 9.32 Å². The van der Waals surface area contributed by atoms with E-state index >= 15 is 0 Å². The number of carbonyl (C=O) groups is 1. The van der Waals surface area contributed by atoms with Gasteiger partial charge < -0.3 is 9.32 Å². The molecule has 2 aromatic heterocycles. The molecule has 26 heavy (non-hydrogen) atoms. The zero-order valence-electron chi connectivity index (χ0n) is 16.1. The van der Waals surface area contributed by atoms with Crippen LogP contribution in [-0.2, 0) is 23.7 Å². The molecule has 136 valence electrons. The summed E-state index contributed by atoms with van der Waals surface area (Å²) in [6, 6.07) is 5.96. The van der Waals surface area contributed by atoms with Gasteiger partial charge in [0.15, 0.2) is 5.69 Å². The molecule has 0 atom stereocenters. The van der Waals surface area contributed by atoms with Crippen LogP contribution in [0.4, 0.5) is 0 Å². The summed E-state index contributed by atoms with van der Waals surface area (Å²) in [4.78, 5) is 15.4. The Labute approximate surface area is 153 Å². The number of hydrogen-bond acceptors (Lipinski definition) is 5. The summed E-state index contributed by atoms with van der Waals surface area (Å²) in [5.41, 5.74) is 5.76. The lowest BCUT2D eigenvalue weighted by Crippen LogP contribution is -2.16. The van der Waals surface area contributed by atoms with E-state index in [1.807, 2.05) is 43.8 Å². The molecule has 0 aliphatic heterocycles. The number of aryl methyl sites for hydroxylation is 3. The van der Waals surface area contributed by atoms with Crippen LogP contribution in [0, 0.1) is 13.8 Å². The number of rotatable bonds is 4. The first kappa shape index (κ1) is 18.0. The first-order chi connectivity index (χ1) is 12.2. The van der Waals surface area contributed by atoms with E-state index in [9.17, 15) is 4.79 Å². The summed E-state index contributed by atoms with van der Waals surface area (Å²) < 4.78 is 7.30. The van der Waals surface area contributed by atoms with Crippen molar-refractivity contribution in [1.29, 1.82) is 0 Å². The van der Waals surface area contributed by atoms with Crippen molar-refractivity contribution in [2.75, 3.05) is 0 Å². The van der Waals surface area contributed by atoms with Crippen LogP contribution in [0.3, 0.4) is 0 Å². The van der Waals surface area contributed by atoms with Crippen LogP contribution >= 0.6 is 0 Å². The van der Waals surface area contributed by atoms with Crippen LogP contribution in [0.25, 0.3) is 23.0 Å². The number of benzene rings is 1. The molecule has 1 aromatic carbocycles. The molecule has 3 rings (SSSR count). The van der Waals surface area contributed by atoms with Crippen LogP contribution in [0.5, 0.6) is 0 Å². The van der Waals surface area contributed by atoms with E-state index in [0.717, 1.165) is 34.2 Å². The van der Waals surface area contributed by atoms with Gasteiger partial charge in [-0.25, -0.2) is 0 Å². The van der Waals surface area contributed by atoms with Crippen molar-refractivity contribution in [2.45, 2.75) is 46.5 Å². The predicted molar refractivity (Wildman–Crippen MR) is 99.9 cm³/mol. The number of aldehydes is 1. The zero-order valence-corrected chi connectivity index (χ0v) is 16.1. The van der Waals surface area contributed by atoms with Crippen molar-refractivity contribution in [3.05, 3.63) is 40.6 Å². The van der Waals surface area contributed by atoms with E-state index in [4.69, 9.17) is 4.52 Å². The van der Waals surface area contributed by atoms with E-state index in [2.05, 4.69) is 36.0 Å². The number of aromatic nitrogens is 4. The Morgan fingerprint density at radius 2 is 1.81 bits per heavy atom. The van der Waals surface area contributed by atoms with Crippen LogP contribution in [-0.4, -0.2) is 26.2 Å². The molecule has 6 heteroatoms. The number of hydrogen-bond donors (Lipinski definition) is 0. The molecule has 0 N–H and O–H groups in total. The molecule has 6 nitrogen and oxygen atoms in total. The molecule has 0 spiro atoms. The van der Waals surface area contributed by atoms with Gasteiger partial charge in [0.05, 0.1) is 0 Å². The monoisotopic (exact) mass is 352 g/mol. The maximum atomic E-state index is 10.8. The van der Waals surface area contributed by atoms with Crippen molar-refractivity contribution in [2.24, 2.45) is 7.05 Å². The lowest BCUT2D eigenvalue weighted by atomic mass is 9.92. The summed E-state index contributed by atoms with van der Waals surface area (Å²) in [6.45, 7) is 10.4. The van der Waals surface area contributed by atoms with Crippen LogP contribution < -0.4 is 0 Å². The smallest absolute Gasteiger partial charge is 0.278 e. The van der Waals surface area contributed by atoms with Gasteiger partial charge in [-0.3, -0.25) is 4.68 Å². The fourth-order valence-corrected chi connectivity index (χ4v) is 3.25. The van der Waals surface area contributed by atoms with Gasteiger partial charge in [-0.2, -0.15) is 10.1 Å². The predicted octanol–water partition coefficient (Wildman–Crippen LogP) is 3.79. The lowest BCUT2D eigenvalue weighted by molar-refractivity contribution is -0.107. The number of nitrogens with zero attached hydrogens (tertiary/aromatic N) is 4. The molecule has 0 aliphatic rings. The highest BCUT2D eigenvalue weighted by Gasteiger charge is 2.22. The third-order valence-corrected chi connectivity index (χ3v) is 4.54. The summed E-state index contributed by atoms with van der Waals surface area (Å²) in [6.07, 6.45) is 1.34. The highest BCUT2D eigenvalue weighted by Crippen LogP contribution is 2.28. The van der Waals surface area contributed by atoms with Gasteiger partial charge in [-0.15, -0.1) is 0 Å². The minimum Gasteiger partial charge on any atom is -0.332 e. The molecule has 0 radical (unpaired) electrons. The molecule has 0 saturated heterocycles. The lowest BCUT2D eigenvalue weighted by Gasteiger charge is -2.17. The topological polar surface area (TPSA) is 73.8 Å². The molecule has 3 aromatic rings. The second kappa shape index (κ2) is 6.52. The molecular formula is C20H24N4O2. The van der Waals surface area contributed by atoms with Gasteiger partial charge in [0.1, 0.15) is 6.29 Å². The van der Waals surface area contributed by atoms with E-state index < -0.39 is 0 Å². The largest absolute Gasteiger partial charge is 0.332 e. The molecule has 2 heterocycles. The van der Waals surface area contributed by atoms with Gasteiger partial charge in [0, 0.05) is 30.1 Å². The van der Waals surface area contributed by atoms with Gasteiger partial charge in [-0.05, 0) is 48.7 Å². The average Bonchev–Trinajstić information content (AvgIpc) is 3.16. The van der Waals surface area contributed by atoms with Gasteiger partial charge >= 0.3 is 0 Å². The maximum absolute atomic E-state index is 10.8. The van der Waals surface area contributed by atoms with Crippen LogP contribution in [0.15, 0.2) is 22.7 Å². The zero-order chi connectivity index (χ0) is 19.1. The van der Waals surface area contributed by atoms with E-state index in [0.29, 0.717) is 23.8 Å².